The van der Waals surface area contributed by atoms with Crippen molar-refractivity contribution in [2.45, 2.75) is 33.0 Å². The summed E-state index contributed by atoms with van der Waals surface area (Å²) in [6, 6.07) is 24.6. The predicted octanol–water partition coefficient (Wildman–Crippen LogP) is 5.72. The fraction of sp³-hybridized carbons (Fsp3) is 0.200. The van der Waals surface area contributed by atoms with Gasteiger partial charge in [-0.3, -0.25) is 0 Å². The Hall–Kier alpha value is -4.56. The van der Waals surface area contributed by atoms with Crippen molar-refractivity contribution in [3.63, 3.8) is 0 Å². The highest BCUT2D eigenvalue weighted by atomic mass is 16.5. The van der Waals surface area contributed by atoms with Gasteiger partial charge in [0, 0.05) is 11.3 Å². The Morgan fingerprint density at radius 1 is 0.921 bits per heavy atom. The molecule has 1 unspecified atom stereocenters. The normalized spacial score (nSPS) is 13.7. The molecule has 1 atom stereocenters. The van der Waals surface area contributed by atoms with Gasteiger partial charge in [-0.05, 0) is 42.7 Å². The van der Waals surface area contributed by atoms with Crippen LogP contribution >= 0.6 is 0 Å². The van der Waals surface area contributed by atoms with Crippen molar-refractivity contribution >= 4 is 34.2 Å². The van der Waals surface area contributed by atoms with Gasteiger partial charge in [-0.2, -0.15) is 0 Å². The number of aromatic nitrogens is 4. The molecule has 190 valence electrons. The summed E-state index contributed by atoms with van der Waals surface area (Å²) < 4.78 is 6.29. The molecule has 0 saturated heterocycles. The number of aryl methyl sites for hydroxylation is 2. The Balaban J connectivity index is 1.42. The summed E-state index contributed by atoms with van der Waals surface area (Å²) in [6.07, 6.45) is 3.16. The molecule has 3 heterocycles. The van der Waals surface area contributed by atoms with Crippen LogP contribution in [0.2, 0.25) is 0 Å². The molecular formula is C30H29N7O. The number of rotatable bonds is 8. The van der Waals surface area contributed by atoms with Crippen LogP contribution in [0, 0.1) is 13.8 Å². The summed E-state index contributed by atoms with van der Waals surface area (Å²) in [5, 5.41) is 3.60. The lowest BCUT2D eigenvalue weighted by atomic mass is 10.0. The van der Waals surface area contributed by atoms with E-state index in [1.807, 2.05) is 18.2 Å². The van der Waals surface area contributed by atoms with Crippen molar-refractivity contribution in [2.24, 2.45) is 4.99 Å². The molecule has 0 aliphatic carbocycles. The van der Waals surface area contributed by atoms with Crippen LogP contribution in [-0.2, 0) is 17.9 Å². The molecule has 5 aromatic rings. The van der Waals surface area contributed by atoms with Gasteiger partial charge in [-0.1, -0.05) is 60.7 Å². The Bertz CT molecular complexity index is 1600. The van der Waals surface area contributed by atoms with Gasteiger partial charge in [-0.15, -0.1) is 0 Å². The number of anilines is 2. The van der Waals surface area contributed by atoms with Crippen LogP contribution in [0.1, 0.15) is 22.3 Å². The molecule has 0 spiro atoms. The number of nitrogens with zero attached hydrogens (tertiary/aromatic N) is 5. The molecule has 38 heavy (non-hydrogen) atoms. The van der Waals surface area contributed by atoms with E-state index in [1.165, 1.54) is 23.0 Å². The van der Waals surface area contributed by atoms with Gasteiger partial charge in [-0.25, -0.2) is 19.9 Å². The second-order valence-corrected chi connectivity index (χ2v) is 9.43. The first-order chi connectivity index (χ1) is 18.7. The first-order valence-electron chi connectivity index (χ1n) is 12.7. The Labute approximate surface area is 221 Å². The zero-order valence-electron chi connectivity index (χ0n) is 21.4. The van der Waals surface area contributed by atoms with E-state index in [9.17, 15) is 0 Å². The monoisotopic (exact) mass is 503 g/mol. The number of aliphatic imine (C=N–C) groups is 1. The lowest BCUT2D eigenvalue weighted by Gasteiger charge is -2.36. The second-order valence-electron chi connectivity index (χ2n) is 9.43. The first kappa shape index (κ1) is 23.8. The standard InChI is InChI=1S/C30H29N7O/c1-20-10-8-13-24-23(20)15-37(26-14-7-6-9-21(26)2)30(36-24)25(17-38-16-22-11-4-3-5-12-22)35-29-27-28(32-18-31-27)33-19-34-29/h3-14,18-19,25H,15-17H2,1-2H3,(H2,31,32,33,34,35). The van der Waals surface area contributed by atoms with Crippen LogP contribution in [0.15, 0.2) is 90.4 Å². The predicted molar refractivity (Wildman–Crippen MR) is 151 cm³/mol. The quantitative estimate of drug-likeness (QED) is 0.282. The molecule has 6 rings (SSSR count). The van der Waals surface area contributed by atoms with E-state index < -0.39 is 0 Å². The molecule has 0 bridgehead atoms. The third-order valence-corrected chi connectivity index (χ3v) is 6.86. The van der Waals surface area contributed by atoms with E-state index in [4.69, 9.17) is 9.73 Å². The van der Waals surface area contributed by atoms with Gasteiger partial charge in [0.25, 0.3) is 0 Å². The smallest absolute Gasteiger partial charge is 0.162 e. The average molecular weight is 504 g/mol. The number of amidine groups is 1. The van der Waals surface area contributed by atoms with Crippen LogP contribution in [-0.4, -0.2) is 38.4 Å². The fourth-order valence-corrected chi connectivity index (χ4v) is 4.85. The number of imidazole rings is 1. The molecule has 0 saturated carbocycles. The number of aromatic amines is 1. The lowest BCUT2D eigenvalue weighted by molar-refractivity contribution is 0.122. The second kappa shape index (κ2) is 10.4. The number of para-hydroxylation sites is 1. The molecule has 1 aliphatic rings. The zero-order chi connectivity index (χ0) is 25.9. The maximum absolute atomic E-state index is 6.29. The van der Waals surface area contributed by atoms with Crippen molar-refractivity contribution in [3.8, 4) is 0 Å². The molecular weight excluding hydrogens is 474 g/mol. The number of fused-ring (bicyclic) bond motifs is 2. The van der Waals surface area contributed by atoms with E-state index in [1.54, 1.807) is 6.33 Å². The van der Waals surface area contributed by atoms with Crippen molar-refractivity contribution in [1.82, 2.24) is 19.9 Å². The minimum Gasteiger partial charge on any atom is -0.374 e. The maximum Gasteiger partial charge on any atom is 0.162 e. The molecule has 8 nitrogen and oxygen atoms in total. The largest absolute Gasteiger partial charge is 0.374 e. The van der Waals surface area contributed by atoms with E-state index in [0.29, 0.717) is 36.7 Å². The molecule has 8 heteroatoms. The first-order valence-corrected chi connectivity index (χ1v) is 12.7. The number of hydrogen-bond donors (Lipinski definition) is 2. The summed E-state index contributed by atoms with van der Waals surface area (Å²) in [5.74, 6) is 1.50. The minimum atomic E-state index is -0.304. The van der Waals surface area contributed by atoms with Crippen molar-refractivity contribution in [3.05, 3.63) is 108 Å². The van der Waals surface area contributed by atoms with Crippen LogP contribution in [0.3, 0.4) is 0 Å². The molecule has 0 fully saturated rings. The molecule has 2 aromatic heterocycles. The molecule has 3 aromatic carbocycles. The van der Waals surface area contributed by atoms with Crippen LogP contribution < -0.4 is 10.2 Å². The third-order valence-electron chi connectivity index (χ3n) is 6.86. The van der Waals surface area contributed by atoms with E-state index in [-0.39, 0.29) is 6.04 Å². The number of hydrogen-bond acceptors (Lipinski definition) is 7. The lowest BCUT2D eigenvalue weighted by Crippen LogP contribution is -2.47. The van der Waals surface area contributed by atoms with Gasteiger partial charge >= 0.3 is 0 Å². The summed E-state index contributed by atoms with van der Waals surface area (Å²) in [5.41, 5.74) is 8.19. The van der Waals surface area contributed by atoms with Crippen LogP contribution in [0.5, 0.6) is 0 Å². The zero-order valence-corrected chi connectivity index (χ0v) is 21.4. The highest BCUT2D eigenvalue weighted by molar-refractivity contribution is 6.06. The Kier molecular flexibility index (Phi) is 6.54. The highest BCUT2D eigenvalue weighted by Crippen LogP contribution is 2.34. The molecule has 0 radical (unpaired) electrons. The Morgan fingerprint density at radius 2 is 1.74 bits per heavy atom. The summed E-state index contributed by atoms with van der Waals surface area (Å²) in [7, 11) is 0. The van der Waals surface area contributed by atoms with Crippen molar-refractivity contribution in [1.29, 1.82) is 0 Å². The summed E-state index contributed by atoms with van der Waals surface area (Å²) in [4.78, 5) is 23.8. The van der Waals surface area contributed by atoms with E-state index in [0.717, 1.165) is 22.8 Å². The fourth-order valence-electron chi connectivity index (χ4n) is 4.85. The third kappa shape index (κ3) is 4.73. The van der Waals surface area contributed by atoms with Crippen LogP contribution in [0.25, 0.3) is 11.2 Å². The molecule has 2 N–H and O–H groups in total. The number of nitrogens with one attached hydrogen (secondary N) is 2. The minimum absolute atomic E-state index is 0.304. The van der Waals surface area contributed by atoms with Crippen LogP contribution in [0.4, 0.5) is 17.2 Å². The number of benzene rings is 3. The van der Waals surface area contributed by atoms with Gasteiger partial charge in [0.05, 0.1) is 31.8 Å². The van der Waals surface area contributed by atoms with Crippen molar-refractivity contribution in [2.75, 3.05) is 16.8 Å². The summed E-state index contributed by atoms with van der Waals surface area (Å²) >= 11 is 0. The van der Waals surface area contributed by atoms with Gasteiger partial charge in [0.2, 0.25) is 0 Å². The molecule has 1 aliphatic heterocycles. The number of ether oxygens (including phenoxy) is 1. The number of H-pyrrole nitrogens is 1. The maximum atomic E-state index is 6.29. The summed E-state index contributed by atoms with van der Waals surface area (Å²) in [6.45, 7) is 5.86. The SMILES string of the molecule is Cc1ccccc1N1Cc2c(C)cccc2N=C1C(COCc1ccccc1)Nc1ncnc2[nH]cnc12. The van der Waals surface area contributed by atoms with Crippen molar-refractivity contribution < 1.29 is 4.74 Å². The van der Waals surface area contributed by atoms with E-state index >= 15 is 0 Å². The van der Waals surface area contributed by atoms with E-state index in [2.05, 4.69) is 98.6 Å². The highest BCUT2D eigenvalue weighted by Gasteiger charge is 2.30. The average Bonchev–Trinajstić information content (AvgIpc) is 3.43. The Morgan fingerprint density at radius 3 is 2.61 bits per heavy atom. The van der Waals surface area contributed by atoms with Gasteiger partial charge in [0.15, 0.2) is 11.5 Å². The van der Waals surface area contributed by atoms with Gasteiger partial charge in [0.1, 0.15) is 23.7 Å². The topological polar surface area (TPSA) is 91.3 Å². The molecule has 0 amide bonds. The van der Waals surface area contributed by atoms with Gasteiger partial charge < -0.3 is 19.9 Å².